The Morgan fingerprint density at radius 3 is 3.00 bits per heavy atom. The van der Waals surface area contributed by atoms with E-state index in [2.05, 4.69) is 22.9 Å². The number of nitrogens with zero attached hydrogens (tertiary/aromatic N) is 1. The van der Waals surface area contributed by atoms with Gasteiger partial charge in [0.2, 0.25) is 5.56 Å². The van der Waals surface area contributed by atoms with Gasteiger partial charge in [-0.3, -0.25) is 9.69 Å². The molecular formula is C16H20N2O. The van der Waals surface area contributed by atoms with Gasteiger partial charge in [0.05, 0.1) is 6.04 Å². The summed E-state index contributed by atoms with van der Waals surface area (Å²) in [5.74, 6) is 3.20. The van der Waals surface area contributed by atoms with Crippen LogP contribution >= 0.6 is 0 Å². The van der Waals surface area contributed by atoms with Gasteiger partial charge in [-0.2, -0.15) is 0 Å². The van der Waals surface area contributed by atoms with Crippen LogP contribution in [0.1, 0.15) is 49.4 Å². The molecular weight excluding hydrogens is 236 g/mol. The Bertz CT molecular complexity index is 607. The number of aromatic amines is 1. The lowest BCUT2D eigenvalue weighted by molar-refractivity contribution is 0.0902. The minimum Gasteiger partial charge on any atom is -0.324 e. The van der Waals surface area contributed by atoms with Crippen molar-refractivity contribution in [3.05, 3.63) is 33.7 Å². The third-order valence-electron chi connectivity index (χ3n) is 6.26. The van der Waals surface area contributed by atoms with Gasteiger partial charge in [0, 0.05) is 24.3 Å². The monoisotopic (exact) mass is 256 g/mol. The van der Waals surface area contributed by atoms with Gasteiger partial charge in [0.1, 0.15) is 0 Å². The number of pyridine rings is 1. The maximum Gasteiger partial charge on any atom is 0.248 e. The molecule has 1 aromatic heterocycles. The average molecular weight is 256 g/mol. The Kier molecular flexibility index (Phi) is 1.86. The fraction of sp³-hybridized carbons (Fsp3) is 0.688. The third kappa shape index (κ3) is 1.20. The molecule has 4 heterocycles. The molecule has 1 N–H and O–H groups in total. The standard InChI is InChI=1S/C16H20N2O/c1-8-4-12-11-6-9-7-18(13(11)5-8)16(12)15-10(9)2-3-14(19)17-15/h2-3,8-9,11-13,16H,4-7H2,1H3,(H,17,19)/t8-,9-,11-,12-,13+,16-/m0/s1. The van der Waals surface area contributed by atoms with E-state index >= 15 is 0 Å². The van der Waals surface area contributed by atoms with Crippen LogP contribution in [-0.4, -0.2) is 22.5 Å². The average Bonchev–Trinajstić information content (AvgIpc) is 2.56. The van der Waals surface area contributed by atoms with Crippen LogP contribution in [0.4, 0.5) is 0 Å². The van der Waals surface area contributed by atoms with E-state index in [-0.39, 0.29) is 5.56 Å². The second-order valence-corrected chi connectivity index (χ2v) is 7.24. The highest BCUT2D eigenvalue weighted by molar-refractivity contribution is 5.36. The Hall–Kier alpha value is -1.09. The summed E-state index contributed by atoms with van der Waals surface area (Å²) in [6, 6.07) is 5.13. The van der Waals surface area contributed by atoms with Crippen LogP contribution in [-0.2, 0) is 0 Å². The summed E-state index contributed by atoms with van der Waals surface area (Å²) in [7, 11) is 0. The van der Waals surface area contributed by atoms with Crippen LogP contribution in [0.2, 0.25) is 0 Å². The molecule has 5 bridgehead atoms. The fourth-order valence-corrected chi connectivity index (χ4v) is 5.75. The highest BCUT2D eigenvalue weighted by Crippen LogP contribution is 2.62. The van der Waals surface area contributed by atoms with Crippen molar-refractivity contribution in [1.82, 2.24) is 9.88 Å². The molecule has 5 rings (SSSR count). The number of H-pyrrole nitrogens is 1. The van der Waals surface area contributed by atoms with E-state index in [9.17, 15) is 4.79 Å². The summed E-state index contributed by atoms with van der Waals surface area (Å²) in [5.41, 5.74) is 2.79. The second-order valence-electron chi connectivity index (χ2n) is 7.24. The Labute approximate surface area is 113 Å². The van der Waals surface area contributed by atoms with Crippen molar-refractivity contribution in [2.75, 3.05) is 6.54 Å². The molecule has 3 nitrogen and oxygen atoms in total. The van der Waals surface area contributed by atoms with Gasteiger partial charge in [-0.15, -0.1) is 0 Å². The first kappa shape index (κ1) is 10.7. The molecule has 0 spiro atoms. The second kappa shape index (κ2) is 3.32. The molecule has 3 fully saturated rings. The van der Waals surface area contributed by atoms with Crippen molar-refractivity contribution in [2.45, 2.75) is 44.2 Å². The van der Waals surface area contributed by atoms with Gasteiger partial charge in [0.15, 0.2) is 0 Å². The molecule has 1 aromatic rings. The summed E-state index contributed by atoms with van der Waals surface area (Å²) in [4.78, 5) is 17.7. The summed E-state index contributed by atoms with van der Waals surface area (Å²) in [5, 5.41) is 0. The number of piperidine rings is 1. The Morgan fingerprint density at radius 1 is 1.21 bits per heavy atom. The molecule has 0 radical (unpaired) electrons. The van der Waals surface area contributed by atoms with Crippen molar-refractivity contribution in [1.29, 1.82) is 0 Å². The number of hydrogen-bond donors (Lipinski definition) is 1. The molecule has 3 aliphatic heterocycles. The predicted molar refractivity (Wildman–Crippen MR) is 73.0 cm³/mol. The summed E-state index contributed by atoms with van der Waals surface area (Å²) in [6.45, 7) is 3.64. The predicted octanol–water partition coefficient (Wildman–Crippen LogP) is 2.26. The van der Waals surface area contributed by atoms with Gasteiger partial charge in [0.25, 0.3) is 0 Å². The molecule has 1 aliphatic carbocycles. The number of nitrogens with one attached hydrogen (secondary N) is 1. The van der Waals surface area contributed by atoms with Crippen LogP contribution < -0.4 is 5.56 Å². The lowest BCUT2D eigenvalue weighted by Crippen LogP contribution is -2.46. The Balaban J connectivity index is 1.74. The van der Waals surface area contributed by atoms with Crippen molar-refractivity contribution in [3.8, 4) is 0 Å². The topological polar surface area (TPSA) is 36.1 Å². The van der Waals surface area contributed by atoms with E-state index in [1.807, 2.05) is 0 Å². The zero-order valence-electron chi connectivity index (χ0n) is 11.3. The molecule has 100 valence electrons. The van der Waals surface area contributed by atoms with Gasteiger partial charge >= 0.3 is 0 Å². The maximum atomic E-state index is 11.7. The normalized spacial score (nSPS) is 49.2. The molecule has 19 heavy (non-hydrogen) atoms. The van der Waals surface area contributed by atoms with E-state index in [4.69, 9.17) is 0 Å². The first-order valence-electron chi connectivity index (χ1n) is 7.71. The SMILES string of the molecule is C[C@H]1C[C@H]2[C@@H]3C[C@H]4CN([C@@H]3C1)[C@@H]2c1[nH]c(=O)ccc14. The van der Waals surface area contributed by atoms with Gasteiger partial charge in [-0.05, 0) is 48.5 Å². The smallest absolute Gasteiger partial charge is 0.248 e. The van der Waals surface area contributed by atoms with Crippen molar-refractivity contribution in [2.24, 2.45) is 17.8 Å². The molecule has 4 aliphatic rings. The maximum absolute atomic E-state index is 11.7. The number of fused-ring (bicyclic) bond motifs is 5. The van der Waals surface area contributed by atoms with Crippen LogP contribution in [0.25, 0.3) is 0 Å². The largest absolute Gasteiger partial charge is 0.324 e. The molecule has 0 amide bonds. The minimum atomic E-state index is 0.0762. The fourth-order valence-electron chi connectivity index (χ4n) is 5.75. The van der Waals surface area contributed by atoms with E-state index < -0.39 is 0 Å². The lowest BCUT2D eigenvalue weighted by atomic mass is 9.70. The first-order valence-corrected chi connectivity index (χ1v) is 7.71. The molecule has 3 heteroatoms. The number of hydrogen-bond acceptors (Lipinski definition) is 2. The Morgan fingerprint density at radius 2 is 2.11 bits per heavy atom. The van der Waals surface area contributed by atoms with E-state index in [1.54, 1.807) is 6.07 Å². The highest BCUT2D eigenvalue weighted by atomic mass is 16.1. The van der Waals surface area contributed by atoms with Crippen LogP contribution in [0, 0.1) is 17.8 Å². The number of rotatable bonds is 0. The van der Waals surface area contributed by atoms with Crippen LogP contribution in [0.5, 0.6) is 0 Å². The van der Waals surface area contributed by atoms with E-state index in [0.717, 1.165) is 23.8 Å². The summed E-state index contributed by atoms with van der Waals surface area (Å²) >= 11 is 0. The zero-order valence-corrected chi connectivity index (χ0v) is 11.3. The van der Waals surface area contributed by atoms with Crippen LogP contribution in [0.15, 0.2) is 16.9 Å². The van der Waals surface area contributed by atoms with E-state index in [0.29, 0.717) is 12.0 Å². The van der Waals surface area contributed by atoms with E-state index in [1.165, 1.54) is 37.1 Å². The van der Waals surface area contributed by atoms with Gasteiger partial charge in [-0.1, -0.05) is 13.0 Å². The summed E-state index contributed by atoms with van der Waals surface area (Å²) in [6.07, 6.45) is 4.08. The molecule has 1 unspecified atom stereocenters. The van der Waals surface area contributed by atoms with Crippen molar-refractivity contribution < 1.29 is 0 Å². The minimum absolute atomic E-state index is 0.0762. The van der Waals surface area contributed by atoms with Gasteiger partial charge in [-0.25, -0.2) is 0 Å². The van der Waals surface area contributed by atoms with Crippen LogP contribution in [0.3, 0.4) is 0 Å². The molecule has 7 atom stereocenters. The van der Waals surface area contributed by atoms with Crippen molar-refractivity contribution >= 4 is 0 Å². The first-order chi connectivity index (χ1) is 9.22. The third-order valence-corrected chi connectivity index (χ3v) is 6.26. The lowest BCUT2D eigenvalue weighted by Gasteiger charge is -2.44. The number of aromatic nitrogens is 1. The zero-order chi connectivity index (χ0) is 12.7. The molecule has 0 aromatic carbocycles. The molecule has 2 saturated heterocycles. The highest BCUT2D eigenvalue weighted by Gasteiger charge is 2.59. The van der Waals surface area contributed by atoms with Gasteiger partial charge < -0.3 is 4.98 Å². The summed E-state index contributed by atoms with van der Waals surface area (Å²) < 4.78 is 0. The molecule has 1 saturated carbocycles. The van der Waals surface area contributed by atoms with Crippen molar-refractivity contribution in [3.63, 3.8) is 0 Å². The quantitative estimate of drug-likeness (QED) is 0.773.